The number of nitriles is 1. The third kappa shape index (κ3) is 3.77. The summed E-state index contributed by atoms with van der Waals surface area (Å²) in [6.45, 7) is 4.20. The summed E-state index contributed by atoms with van der Waals surface area (Å²) in [4.78, 5) is 0. The third-order valence-electron chi connectivity index (χ3n) is 5.21. The molecule has 0 radical (unpaired) electrons. The van der Waals surface area contributed by atoms with E-state index in [1.54, 1.807) is 0 Å². The first-order valence-corrected chi connectivity index (χ1v) is 9.69. The number of benzene rings is 3. The Hall–Kier alpha value is -3.83. The maximum absolute atomic E-state index is 9.64. The highest BCUT2D eigenvalue weighted by Crippen LogP contribution is 2.27. The van der Waals surface area contributed by atoms with Crippen LogP contribution in [0.15, 0.2) is 91.0 Å². The molecule has 0 aliphatic heterocycles. The van der Waals surface area contributed by atoms with Gasteiger partial charge in [0.2, 0.25) is 0 Å². The normalized spacial score (nSPS) is 11.3. The standard InChI is InChI=1S/C27H22N2/c1-20-17-25(18-26(19-28)23-11-7-4-8-12-23)21(2)29(20)27-15-13-24(14-16-27)22-9-5-3-6-10-22/h3-18H,1-2H3/b26-18-. The monoisotopic (exact) mass is 374 g/mol. The van der Waals surface area contributed by atoms with E-state index in [-0.39, 0.29) is 0 Å². The second-order valence-corrected chi connectivity index (χ2v) is 7.11. The van der Waals surface area contributed by atoms with Gasteiger partial charge in [0.25, 0.3) is 0 Å². The van der Waals surface area contributed by atoms with Crippen molar-refractivity contribution < 1.29 is 0 Å². The second-order valence-electron chi connectivity index (χ2n) is 7.11. The minimum absolute atomic E-state index is 0.672. The van der Waals surface area contributed by atoms with Gasteiger partial charge in [-0.15, -0.1) is 0 Å². The fraction of sp³-hybridized carbons (Fsp3) is 0.0741. The van der Waals surface area contributed by atoms with Crippen LogP contribution in [0.25, 0.3) is 28.5 Å². The van der Waals surface area contributed by atoms with Crippen LogP contribution in [0.5, 0.6) is 0 Å². The van der Waals surface area contributed by atoms with E-state index in [0.29, 0.717) is 5.57 Å². The summed E-state index contributed by atoms with van der Waals surface area (Å²) in [5.74, 6) is 0. The minimum atomic E-state index is 0.672. The maximum Gasteiger partial charge on any atom is 0.0998 e. The summed E-state index contributed by atoms with van der Waals surface area (Å²) < 4.78 is 2.24. The number of nitrogens with zero attached hydrogens (tertiary/aromatic N) is 2. The van der Waals surface area contributed by atoms with E-state index >= 15 is 0 Å². The predicted octanol–water partition coefficient (Wildman–Crippen LogP) is 6.83. The smallest absolute Gasteiger partial charge is 0.0998 e. The molecular formula is C27H22N2. The van der Waals surface area contributed by atoms with Crippen LogP contribution in [0.2, 0.25) is 0 Å². The average Bonchev–Trinajstić information content (AvgIpc) is 3.06. The van der Waals surface area contributed by atoms with Crippen molar-refractivity contribution in [1.29, 1.82) is 5.26 Å². The van der Waals surface area contributed by atoms with E-state index in [1.165, 1.54) is 11.1 Å². The van der Waals surface area contributed by atoms with Crippen LogP contribution in [-0.4, -0.2) is 4.57 Å². The first kappa shape index (κ1) is 18.5. The number of aryl methyl sites for hydroxylation is 1. The maximum atomic E-state index is 9.64. The molecule has 0 fully saturated rings. The van der Waals surface area contributed by atoms with Crippen LogP contribution < -0.4 is 0 Å². The third-order valence-corrected chi connectivity index (χ3v) is 5.21. The molecule has 0 amide bonds. The molecule has 1 aromatic heterocycles. The van der Waals surface area contributed by atoms with E-state index in [0.717, 1.165) is 28.2 Å². The van der Waals surface area contributed by atoms with Gasteiger partial charge in [0.15, 0.2) is 0 Å². The molecule has 0 bridgehead atoms. The van der Waals surface area contributed by atoms with E-state index in [4.69, 9.17) is 0 Å². The molecular weight excluding hydrogens is 352 g/mol. The Kier molecular flexibility index (Phi) is 5.14. The summed E-state index contributed by atoms with van der Waals surface area (Å²) in [5, 5.41) is 9.64. The molecule has 0 aliphatic rings. The topological polar surface area (TPSA) is 28.7 Å². The number of aromatic nitrogens is 1. The first-order valence-electron chi connectivity index (χ1n) is 9.69. The quantitative estimate of drug-likeness (QED) is 0.360. The van der Waals surface area contributed by atoms with Crippen molar-refractivity contribution in [3.05, 3.63) is 114 Å². The van der Waals surface area contributed by atoms with Crippen molar-refractivity contribution in [1.82, 2.24) is 4.57 Å². The van der Waals surface area contributed by atoms with Gasteiger partial charge < -0.3 is 4.57 Å². The van der Waals surface area contributed by atoms with Crippen LogP contribution in [0.1, 0.15) is 22.5 Å². The van der Waals surface area contributed by atoms with Crippen molar-refractivity contribution in [3.63, 3.8) is 0 Å². The number of rotatable bonds is 4. The van der Waals surface area contributed by atoms with Gasteiger partial charge in [0.05, 0.1) is 11.6 Å². The fourth-order valence-corrected chi connectivity index (χ4v) is 3.72. The molecule has 3 aromatic carbocycles. The number of allylic oxidation sites excluding steroid dienone is 1. The molecule has 2 nitrogen and oxygen atoms in total. The van der Waals surface area contributed by atoms with E-state index < -0.39 is 0 Å². The van der Waals surface area contributed by atoms with E-state index in [9.17, 15) is 5.26 Å². The van der Waals surface area contributed by atoms with E-state index in [1.807, 2.05) is 42.5 Å². The Morgan fingerprint density at radius 1 is 0.793 bits per heavy atom. The lowest BCUT2D eigenvalue weighted by molar-refractivity contribution is 0.965. The molecule has 1 heterocycles. The molecule has 0 aliphatic carbocycles. The van der Waals surface area contributed by atoms with Crippen LogP contribution in [-0.2, 0) is 0 Å². The lowest BCUT2D eigenvalue weighted by Gasteiger charge is -2.11. The van der Waals surface area contributed by atoms with Crippen LogP contribution in [0.4, 0.5) is 0 Å². The van der Waals surface area contributed by atoms with Gasteiger partial charge in [-0.25, -0.2) is 0 Å². The van der Waals surface area contributed by atoms with Crippen LogP contribution >= 0.6 is 0 Å². The van der Waals surface area contributed by atoms with Crippen molar-refractivity contribution >= 4 is 11.6 Å². The minimum Gasteiger partial charge on any atom is -0.318 e. The average molecular weight is 374 g/mol. The molecule has 0 saturated carbocycles. The zero-order chi connectivity index (χ0) is 20.2. The molecule has 0 atom stereocenters. The Morgan fingerprint density at radius 2 is 1.38 bits per heavy atom. The Labute approximate surface area is 172 Å². The SMILES string of the molecule is Cc1cc(/C=C(/C#N)c2ccccc2)c(C)n1-c1ccc(-c2ccccc2)cc1. The van der Waals surface area contributed by atoms with Gasteiger partial charge in [-0.2, -0.15) is 5.26 Å². The van der Waals surface area contributed by atoms with Gasteiger partial charge in [0, 0.05) is 17.1 Å². The summed E-state index contributed by atoms with van der Waals surface area (Å²) >= 11 is 0. The molecule has 140 valence electrons. The van der Waals surface area contributed by atoms with Crippen molar-refractivity contribution in [2.75, 3.05) is 0 Å². The number of hydrogen-bond donors (Lipinski definition) is 0. The fourth-order valence-electron chi connectivity index (χ4n) is 3.72. The summed E-state index contributed by atoms with van der Waals surface area (Å²) in [6, 6.07) is 33.3. The van der Waals surface area contributed by atoms with Gasteiger partial charge in [0.1, 0.15) is 0 Å². The molecule has 0 saturated heterocycles. The lowest BCUT2D eigenvalue weighted by Crippen LogP contribution is -1.99. The highest BCUT2D eigenvalue weighted by Gasteiger charge is 2.11. The van der Waals surface area contributed by atoms with Gasteiger partial charge >= 0.3 is 0 Å². The summed E-state index contributed by atoms with van der Waals surface area (Å²) in [6.07, 6.45) is 1.98. The lowest BCUT2D eigenvalue weighted by atomic mass is 10.0. The highest BCUT2D eigenvalue weighted by molar-refractivity contribution is 5.90. The van der Waals surface area contributed by atoms with Gasteiger partial charge in [-0.1, -0.05) is 72.8 Å². The molecule has 0 unspecified atom stereocenters. The number of hydrogen-bond acceptors (Lipinski definition) is 1. The summed E-state index contributed by atoms with van der Waals surface area (Å²) in [7, 11) is 0. The van der Waals surface area contributed by atoms with E-state index in [2.05, 4.69) is 79.1 Å². The van der Waals surface area contributed by atoms with Gasteiger partial charge in [-0.05, 0) is 60.4 Å². The molecule has 2 heteroatoms. The second kappa shape index (κ2) is 8.04. The molecule has 4 aromatic rings. The molecule has 29 heavy (non-hydrogen) atoms. The van der Waals surface area contributed by atoms with Crippen molar-refractivity contribution in [2.24, 2.45) is 0 Å². The zero-order valence-electron chi connectivity index (χ0n) is 16.6. The van der Waals surface area contributed by atoms with Crippen LogP contribution in [0.3, 0.4) is 0 Å². The Morgan fingerprint density at radius 3 is 2.00 bits per heavy atom. The largest absolute Gasteiger partial charge is 0.318 e. The molecule has 0 N–H and O–H groups in total. The highest BCUT2D eigenvalue weighted by atomic mass is 15.0. The predicted molar refractivity (Wildman–Crippen MR) is 121 cm³/mol. The molecule has 4 rings (SSSR count). The zero-order valence-corrected chi connectivity index (χ0v) is 16.6. The van der Waals surface area contributed by atoms with Gasteiger partial charge in [-0.3, -0.25) is 0 Å². The molecule has 0 spiro atoms. The van der Waals surface area contributed by atoms with Crippen molar-refractivity contribution in [3.8, 4) is 22.9 Å². The first-order chi connectivity index (χ1) is 14.2. The Balaban J connectivity index is 1.71. The van der Waals surface area contributed by atoms with Crippen LogP contribution in [0, 0.1) is 25.2 Å². The Bertz CT molecular complexity index is 1190. The summed E-state index contributed by atoms with van der Waals surface area (Å²) in [5.41, 5.74) is 8.48. The van der Waals surface area contributed by atoms with Crippen molar-refractivity contribution in [2.45, 2.75) is 13.8 Å².